The lowest BCUT2D eigenvalue weighted by Gasteiger charge is -2.24. The fourth-order valence-corrected chi connectivity index (χ4v) is 2.30. The number of rotatable bonds is 6. The van der Waals surface area contributed by atoms with Crippen LogP contribution in [0.15, 0.2) is 43.0 Å². The lowest BCUT2D eigenvalue weighted by molar-refractivity contribution is -0.157. The topological polar surface area (TPSA) is 63.7 Å². The average Bonchev–Trinajstić information content (AvgIpc) is 2.82. The molecule has 0 radical (unpaired) electrons. The number of carbonyl (C=O) groups is 3. The molecule has 5 nitrogen and oxygen atoms in total. The smallest absolute Gasteiger partial charge is 0.330 e. The predicted molar refractivity (Wildman–Crippen MR) is 76.2 cm³/mol. The minimum absolute atomic E-state index is 0.0559. The first-order valence-corrected chi connectivity index (χ1v) is 6.80. The van der Waals surface area contributed by atoms with Crippen LogP contribution in [0.4, 0.5) is 0 Å². The lowest BCUT2D eigenvalue weighted by Crippen LogP contribution is -2.46. The van der Waals surface area contributed by atoms with Crippen LogP contribution in [0.3, 0.4) is 0 Å². The quantitative estimate of drug-likeness (QED) is 0.451. The van der Waals surface area contributed by atoms with Gasteiger partial charge in [0, 0.05) is 19.3 Å². The summed E-state index contributed by atoms with van der Waals surface area (Å²) in [6.45, 7) is 3.53. The van der Waals surface area contributed by atoms with Crippen molar-refractivity contribution in [2.24, 2.45) is 0 Å². The van der Waals surface area contributed by atoms with Crippen LogP contribution in [0, 0.1) is 0 Å². The normalized spacial score (nSPS) is 15.9. The molecule has 1 aliphatic rings. The van der Waals surface area contributed by atoms with E-state index in [0.717, 1.165) is 10.5 Å². The summed E-state index contributed by atoms with van der Waals surface area (Å²) < 4.78 is 5.03. The van der Waals surface area contributed by atoms with E-state index in [2.05, 4.69) is 6.58 Å². The highest BCUT2D eigenvalue weighted by Crippen LogP contribution is 2.19. The number of nitrogens with zero attached hydrogens (tertiary/aromatic N) is 1. The monoisotopic (exact) mass is 287 g/mol. The molecule has 1 aromatic rings. The molecule has 110 valence electrons. The molecule has 0 spiro atoms. The fraction of sp³-hybridized carbons (Fsp3) is 0.312. The van der Waals surface area contributed by atoms with Gasteiger partial charge < -0.3 is 4.74 Å². The van der Waals surface area contributed by atoms with Gasteiger partial charge in [0.15, 0.2) is 0 Å². The Balaban J connectivity index is 2.21. The molecule has 5 heteroatoms. The van der Waals surface area contributed by atoms with E-state index in [9.17, 15) is 14.4 Å². The van der Waals surface area contributed by atoms with Gasteiger partial charge in [0.2, 0.25) is 11.8 Å². The van der Waals surface area contributed by atoms with Crippen molar-refractivity contribution in [3.05, 3.63) is 48.6 Å². The van der Waals surface area contributed by atoms with Crippen molar-refractivity contribution in [2.45, 2.75) is 25.3 Å². The van der Waals surface area contributed by atoms with Gasteiger partial charge in [-0.25, -0.2) is 4.79 Å². The van der Waals surface area contributed by atoms with E-state index in [1.807, 2.05) is 30.3 Å². The zero-order chi connectivity index (χ0) is 15.2. The van der Waals surface area contributed by atoms with Crippen LogP contribution in [0.2, 0.25) is 0 Å². The Bertz CT molecular complexity index is 537. The van der Waals surface area contributed by atoms with E-state index in [-0.39, 0.29) is 37.7 Å². The minimum Gasteiger partial charge on any atom is -0.460 e. The molecule has 2 rings (SSSR count). The first-order chi connectivity index (χ1) is 10.1. The van der Waals surface area contributed by atoms with Gasteiger partial charge in [0.05, 0.1) is 0 Å². The van der Waals surface area contributed by atoms with Crippen LogP contribution in [-0.2, 0) is 25.5 Å². The van der Waals surface area contributed by atoms with Crippen molar-refractivity contribution in [3.63, 3.8) is 0 Å². The number of benzene rings is 1. The Hall–Kier alpha value is -2.43. The standard InChI is InChI=1S/C16H17NO4/c1-2-10-21-16(20)13(11-12-6-4-3-5-7-12)17-14(18)8-9-15(17)19/h2-7,13H,1,8-11H2/t13-/m0/s1. The summed E-state index contributed by atoms with van der Waals surface area (Å²) in [4.78, 5) is 37.0. The van der Waals surface area contributed by atoms with Crippen LogP contribution in [0.1, 0.15) is 18.4 Å². The lowest BCUT2D eigenvalue weighted by atomic mass is 10.0. The molecular formula is C16H17NO4. The molecule has 0 bridgehead atoms. The van der Waals surface area contributed by atoms with E-state index >= 15 is 0 Å². The molecule has 0 aliphatic carbocycles. The number of amides is 2. The zero-order valence-electron chi connectivity index (χ0n) is 11.7. The number of imide groups is 1. The van der Waals surface area contributed by atoms with E-state index in [0.29, 0.717) is 0 Å². The number of hydrogen-bond donors (Lipinski definition) is 0. The van der Waals surface area contributed by atoms with Gasteiger partial charge in [-0.3, -0.25) is 14.5 Å². The van der Waals surface area contributed by atoms with Gasteiger partial charge in [-0.05, 0) is 5.56 Å². The molecule has 2 amide bonds. The second kappa shape index (κ2) is 6.83. The van der Waals surface area contributed by atoms with Crippen LogP contribution in [0.25, 0.3) is 0 Å². The summed E-state index contributed by atoms with van der Waals surface area (Å²) in [5, 5.41) is 0. The first kappa shape index (κ1) is 15.0. The SMILES string of the molecule is C=CCOC(=O)[C@H](Cc1ccccc1)N1C(=O)CCC1=O. The van der Waals surface area contributed by atoms with Gasteiger partial charge in [-0.15, -0.1) is 0 Å². The molecule has 1 heterocycles. The van der Waals surface area contributed by atoms with E-state index < -0.39 is 12.0 Å². The van der Waals surface area contributed by atoms with Crippen molar-refractivity contribution in [1.29, 1.82) is 0 Å². The van der Waals surface area contributed by atoms with E-state index in [1.165, 1.54) is 6.08 Å². The third kappa shape index (κ3) is 3.56. The summed E-state index contributed by atoms with van der Waals surface area (Å²) in [7, 11) is 0. The first-order valence-electron chi connectivity index (χ1n) is 6.80. The molecule has 1 fully saturated rings. The molecule has 1 aliphatic heterocycles. The third-order valence-electron chi connectivity index (χ3n) is 3.29. The number of hydrogen-bond acceptors (Lipinski definition) is 4. The van der Waals surface area contributed by atoms with E-state index in [1.54, 1.807) is 0 Å². The second-order valence-corrected chi connectivity index (χ2v) is 4.78. The maximum absolute atomic E-state index is 12.2. The van der Waals surface area contributed by atoms with Crippen molar-refractivity contribution in [2.75, 3.05) is 6.61 Å². The summed E-state index contributed by atoms with van der Waals surface area (Å²) in [6, 6.07) is 8.33. The molecule has 1 saturated heterocycles. The molecule has 1 atom stereocenters. The van der Waals surface area contributed by atoms with Crippen LogP contribution in [0.5, 0.6) is 0 Å². The Morgan fingerprint density at radius 3 is 2.43 bits per heavy atom. The number of esters is 1. The molecule has 21 heavy (non-hydrogen) atoms. The van der Waals surface area contributed by atoms with Crippen molar-refractivity contribution in [1.82, 2.24) is 4.90 Å². The Kier molecular flexibility index (Phi) is 4.87. The van der Waals surface area contributed by atoms with Gasteiger partial charge in [0.1, 0.15) is 12.6 Å². The Morgan fingerprint density at radius 1 is 1.24 bits per heavy atom. The summed E-state index contributed by atoms with van der Waals surface area (Å²) in [5.41, 5.74) is 0.866. The largest absolute Gasteiger partial charge is 0.460 e. The summed E-state index contributed by atoms with van der Waals surface area (Å²) in [5.74, 6) is -1.23. The number of carbonyl (C=O) groups excluding carboxylic acids is 3. The molecule has 0 N–H and O–H groups in total. The van der Waals surface area contributed by atoms with Crippen molar-refractivity contribution >= 4 is 17.8 Å². The van der Waals surface area contributed by atoms with Gasteiger partial charge >= 0.3 is 5.97 Å². The van der Waals surface area contributed by atoms with Gasteiger partial charge in [-0.1, -0.05) is 43.0 Å². The molecule has 0 unspecified atom stereocenters. The van der Waals surface area contributed by atoms with Crippen molar-refractivity contribution < 1.29 is 19.1 Å². The Morgan fingerprint density at radius 2 is 1.86 bits per heavy atom. The van der Waals surface area contributed by atoms with E-state index in [4.69, 9.17) is 4.74 Å². The van der Waals surface area contributed by atoms with Gasteiger partial charge in [0.25, 0.3) is 0 Å². The summed E-state index contributed by atoms with van der Waals surface area (Å²) >= 11 is 0. The highest BCUT2D eigenvalue weighted by atomic mass is 16.5. The minimum atomic E-state index is -0.908. The highest BCUT2D eigenvalue weighted by molar-refractivity contribution is 6.05. The number of ether oxygens (including phenoxy) is 1. The van der Waals surface area contributed by atoms with Crippen LogP contribution in [-0.4, -0.2) is 35.3 Å². The molecule has 0 saturated carbocycles. The maximum Gasteiger partial charge on any atom is 0.330 e. The second-order valence-electron chi connectivity index (χ2n) is 4.78. The Labute approximate surface area is 123 Å². The van der Waals surface area contributed by atoms with Crippen molar-refractivity contribution in [3.8, 4) is 0 Å². The van der Waals surface area contributed by atoms with Gasteiger partial charge in [-0.2, -0.15) is 0 Å². The zero-order valence-corrected chi connectivity index (χ0v) is 11.7. The molecule has 1 aromatic carbocycles. The predicted octanol–water partition coefficient (Wildman–Crippen LogP) is 1.48. The average molecular weight is 287 g/mol. The summed E-state index contributed by atoms with van der Waals surface area (Å²) in [6.07, 6.45) is 2.01. The third-order valence-corrected chi connectivity index (χ3v) is 3.29. The maximum atomic E-state index is 12.2. The highest BCUT2D eigenvalue weighted by Gasteiger charge is 2.39. The van der Waals surface area contributed by atoms with Crippen LogP contribution < -0.4 is 0 Å². The number of likely N-dealkylation sites (tertiary alicyclic amines) is 1. The molecular weight excluding hydrogens is 270 g/mol. The molecule has 0 aromatic heterocycles. The van der Waals surface area contributed by atoms with Crippen LogP contribution >= 0.6 is 0 Å². The fourth-order valence-electron chi connectivity index (χ4n) is 2.30.